The Hall–Kier alpha value is -1.04. The number of allylic oxidation sites excluding steroid dienone is 5. The molecule has 0 aliphatic heterocycles. The molecule has 0 radical (unpaired) electrons. The molecule has 0 aromatic rings. The van der Waals surface area contributed by atoms with Gasteiger partial charge in [-0.3, -0.25) is 5.41 Å². The van der Waals surface area contributed by atoms with E-state index in [-0.39, 0.29) is 16.2 Å². The Balaban J connectivity index is 3.05. The Bertz CT molecular complexity index is 347. The zero-order valence-electron chi connectivity index (χ0n) is 7.58. The summed E-state index contributed by atoms with van der Waals surface area (Å²) in [6.07, 6.45) is 4.69. The summed E-state index contributed by atoms with van der Waals surface area (Å²) in [6.45, 7) is 0. The number of halogens is 1. The van der Waals surface area contributed by atoms with Crippen LogP contribution in [0, 0.1) is 5.41 Å². The fraction of sp³-hybridized carbons (Fsp3) is 0.125. The molecule has 0 spiro atoms. The highest BCUT2D eigenvalue weighted by atomic mass is 35.5. The minimum Gasteiger partial charge on any atom is -0.423 e. The molecule has 0 atom stereocenters. The van der Waals surface area contributed by atoms with Crippen molar-refractivity contribution in [2.75, 3.05) is 7.05 Å². The number of hydrogen-bond acceptors (Lipinski definition) is 4. The monoisotopic (exact) mass is 212 g/mol. The third-order valence-corrected chi connectivity index (χ3v) is 2.19. The Kier molecular flexibility index (Phi) is 3.52. The molecule has 74 valence electrons. The third kappa shape index (κ3) is 2.06. The van der Waals surface area contributed by atoms with Gasteiger partial charge >= 0.3 is 7.12 Å². The molecule has 0 bridgehead atoms. The number of nitrogens with one attached hydrogen (secondary N) is 2. The first-order valence-corrected chi connectivity index (χ1v) is 4.36. The number of hydrogen-bond donors (Lipinski definition) is 4. The molecule has 0 fully saturated rings. The summed E-state index contributed by atoms with van der Waals surface area (Å²) >= 11 is 5.77. The van der Waals surface area contributed by atoms with Crippen LogP contribution in [0.4, 0.5) is 0 Å². The first kappa shape index (κ1) is 11.0. The predicted octanol–water partition coefficient (Wildman–Crippen LogP) is 0.184. The van der Waals surface area contributed by atoms with Gasteiger partial charge in [-0.15, -0.1) is 0 Å². The van der Waals surface area contributed by atoms with Gasteiger partial charge in [-0.1, -0.05) is 23.8 Å². The van der Waals surface area contributed by atoms with Crippen molar-refractivity contribution in [3.8, 4) is 0 Å². The van der Waals surface area contributed by atoms with Crippen LogP contribution in [0.1, 0.15) is 0 Å². The molecule has 6 heteroatoms. The SMILES string of the molecule is CN/C=C1/C=CC(B(O)O)=C(Cl)C1=N. The van der Waals surface area contributed by atoms with Crippen LogP contribution in [-0.2, 0) is 0 Å². The largest absolute Gasteiger partial charge is 0.490 e. The van der Waals surface area contributed by atoms with Gasteiger partial charge < -0.3 is 15.4 Å². The maximum absolute atomic E-state index is 8.91. The lowest BCUT2D eigenvalue weighted by molar-refractivity contribution is 0.420. The van der Waals surface area contributed by atoms with Crippen molar-refractivity contribution >= 4 is 24.4 Å². The van der Waals surface area contributed by atoms with E-state index in [0.717, 1.165) is 0 Å². The van der Waals surface area contributed by atoms with E-state index in [2.05, 4.69) is 5.32 Å². The van der Waals surface area contributed by atoms with Gasteiger partial charge in [0.2, 0.25) is 0 Å². The van der Waals surface area contributed by atoms with Gasteiger partial charge in [0.05, 0.1) is 10.7 Å². The van der Waals surface area contributed by atoms with E-state index in [9.17, 15) is 0 Å². The number of rotatable bonds is 2. The molecular formula is C8H10BClN2O2. The van der Waals surface area contributed by atoms with Crippen LogP contribution in [0.25, 0.3) is 0 Å². The summed E-state index contributed by atoms with van der Waals surface area (Å²) < 4.78 is 0. The fourth-order valence-corrected chi connectivity index (χ4v) is 1.35. The van der Waals surface area contributed by atoms with E-state index in [1.165, 1.54) is 6.08 Å². The topological polar surface area (TPSA) is 76.3 Å². The van der Waals surface area contributed by atoms with E-state index < -0.39 is 7.12 Å². The van der Waals surface area contributed by atoms with Gasteiger partial charge in [0.25, 0.3) is 0 Å². The summed E-state index contributed by atoms with van der Waals surface area (Å²) in [6, 6.07) is 0. The lowest BCUT2D eigenvalue weighted by Gasteiger charge is -2.13. The van der Waals surface area contributed by atoms with Crippen molar-refractivity contribution < 1.29 is 10.0 Å². The normalized spacial score (nSPS) is 19.1. The van der Waals surface area contributed by atoms with Crippen molar-refractivity contribution in [3.05, 3.63) is 34.4 Å². The van der Waals surface area contributed by atoms with Crippen molar-refractivity contribution in [2.24, 2.45) is 0 Å². The molecule has 14 heavy (non-hydrogen) atoms. The van der Waals surface area contributed by atoms with E-state index in [1.807, 2.05) is 0 Å². The standard InChI is InChI=1S/C8H10BClN2O2/c1-12-4-5-2-3-6(9(13)14)7(10)8(5)11/h2-4,11-14H,1H3/b5-4-,11-8?. The summed E-state index contributed by atoms with van der Waals surface area (Å²) in [4.78, 5) is 0. The van der Waals surface area contributed by atoms with Crippen LogP contribution in [0.5, 0.6) is 0 Å². The van der Waals surface area contributed by atoms with Gasteiger partial charge in [-0.05, 0) is 0 Å². The first-order valence-electron chi connectivity index (χ1n) is 3.98. The van der Waals surface area contributed by atoms with Gasteiger partial charge in [0.15, 0.2) is 0 Å². The summed E-state index contributed by atoms with van der Waals surface area (Å²) in [7, 11) is 0.0672. The minimum atomic E-state index is -1.64. The molecule has 0 heterocycles. The van der Waals surface area contributed by atoms with Gasteiger partial charge in [-0.2, -0.15) is 0 Å². The lowest BCUT2D eigenvalue weighted by Crippen LogP contribution is -2.20. The van der Waals surface area contributed by atoms with Crippen LogP contribution in [0.15, 0.2) is 34.4 Å². The predicted molar refractivity (Wildman–Crippen MR) is 57.1 cm³/mol. The summed E-state index contributed by atoms with van der Waals surface area (Å²) in [5.41, 5.74) is 0.818. The molecule has 1 rings (SSSR count). The lowest BCUT2D eigenvalue weighted by atomic mass is 9.75. The molecule has 0 unspecified atom stereocenters. The Morgan fingerprint density at radius 3 is 2.64 bits per heavy atom. The van der Waals surface area contributed by atoms with E-state index in [0.29, 0.717) is 5.57 Å². The van der Waals surface area contributed by atoms with Crippen molar-refractivity contribution in [1.29, 1.82) is 5.41 Å². The van der Waals surface area contributed by atoms with Gasteiger partial charge in [0, 0.05) is 24.3 Å². The first-order chi connectivity index (χ1) is 6.57. The van der Waals surface area contributed by atoms with E-state index in [4.69, 9.17) is 27.1 Å². The van der Waals surface area contributed by atoms with E-state index >= 15 is 0 Å². The fourth-order valence-electron chi connectivity index (χ4n) is 1.08. The second kappa shape index (κ2) is 4.46. The second-order valence-corrected chi connectivity index (χ2v) is 3.12. The highest BCUT2D eigenvalue weighted by molar-refractivity contribution is 6.59. The Labute approximate surface area is 87.2 Å². The molecule has 0 aromatic heterocycles. The Morgan fingerprint density at radius 1 is 1.50 bits per heavy atom. The van der Waals surface area contributed by atoms with E-state index in [1.54, 1.807) is 19.3 Å². The zero-order valence-corrected chi connectivity index (χ0v) is 8.34. The quantitative estimate of drug-likeness (QED) is 0.493. The van der Waals surface area contributed by atoms with Crippen LogP contribution in [-0.4, -0.2) is 29.9 Å². The maximum Gasteiger partial charge on any atom is 0.490 e. The summed E-state index contributed by atoms with van der Waals surface area (Å²) in [5, 5.41) is 28.3. The molecule has 4 nitrogen and oxygen atoms in total. The molecule has 4 N–H and O–H groups in total. The highest BCUT2D eigenvalue weighted by Gasteiger charge is 2.23. The molecule has 0 saturated carbocycles. The van der Waals surface area contributed by atoms with Crippen LogP contribution in [0.3, 0.4) is 0 Å². The molecule has 1 aliphatic rings. The molecular weight excluding hydrogens is 202 g/mol. The second-order valence-electron chi connectivity index (χ2n) is 2.74. The van der Waals surface area contributed by atoms with Gasteiger partial charge in [-0.25, -0.2) is 0 Å². The zero-order chi connectivity index (χ0) is 10.7. The third-order valence-electron chi connectivity index (χ3n) is 1.78. The van der Waals surface area contributed by atoms with Gasteiger partial charge in [0.1, 0.15) is 0 Å². The van der Waals surface area contributed by atoms with Crippen molar-refractivity contribution in [1.82, 2.24) is 5.32 Å². The Morgan fingerprint density at radius 2 is 2.14 bits per heavy atom. The highest BCUT2D eigenvalue weighted by Crippen LogP contribution is 2.23. The van der Waals surface area contributed by atoms with Crippen LogP contribution < -0.4 is 5.32 Å². The van der Waals surface area contributed by atoms with Crippen molar-refractivity contribution in [2.45, 2.75) is 0 Å². The smallest absolute Gasteiger partial charge is 0.423 e. The maximum atomic E-state index is 8.91. The van der Waals surface area contributed by atoms with Crippen molar-refractivity contribution in [3.63, 3.8) is 0 Å². The average Bonchev–Trinajstić information content (AvgIpc) is 2.13. The minimum absolute atomic E-state index is 0.0593. The molecule has 0 saturated heterocycles. The molecule has 0 aromatic carbocycles. The van der Waals surface area contributed by atoms with Crippen LogP contribution >= 0.6 is 11.6 Å². The molecule has 0 amide bonds. The molecule has 1 aliphatic carbocycles. The average molecular weight is 212 g/mol. The summed E-state index contributed by atoms with van der Waals surface area (Å²) in [5.74, 6) is 0. The van der Waals surface area contributed by atoms with Crippen LogP contribution in [0.2, 0.25) is 0 Å².